The molecule has 1 saturated heterocycles. The zero-order valence-corrected chi connectivity index (χ0v) is 11.7. The molecule has 104 valence electrons. The van der Waals surface area contributed by atoms with Crippen molar-refractivity contribution in [2.45, 2.75) is 39.4 Å². The summed E-state index contributed by atoms with van der Waals surface area (Å²) in [5, 5.41) is 0. The Morgan fingerprint density at radius 3 is 2.84 bits per heavy atom. The molecule has 0 spiro atoms. The molecule has 3 heteroatoms. The molecule has 1 aliphatic heterocycles. The molecule has 0 aromatic heterocycles. The van der Waals surface area contributed by atoms with E-state index in [1.807, 2.05) is 30.3 Å². The summed E-state index contributed by atoms with van der Waals surface area (Å²) >= 11 is 0. The van der Waals surface area contributed by atoms with Crippen LogP contribution < -0.4 is 0 Å². The summed E-state index contributed by atoms with van der Waals surface area (Å²) in [4.78, 5) is 11.4. The lowest BCUT2D eigenvalue weighted by atomic mass is 9.88. The number of ether oxygens (including phenoxy) is 2. The van der Waals surface area contributed by atoms with Crippen molar-refractivity contribution in [2.24, 2.45) is 11.8 Å². The Labute approximate surface area is 114 Å². The van der Waals surface area contributed by atoms with Crippen LogP contribution in [0.4, 0.5) is 0 Å². The molecule has 0 aliphatic carbocycles. The minimum atomic E-state index is -0.0713. The topological polar surface area (TPSA) is 35.5 Å². The lowest BCUT2D eigenvalue weighted by molar-refractivity contribution is -0.163. The first-order chi connectivity index (χ1) is 9.16. The second-order valence-corrected chi connectivity index (χ2v) is 5.45. The van der Waals surface area contributed by atoms with Crippen LogP contribution in [0.15, 0.2) is 30.3 Å². The summed E-state index contributed by atoms with van der Waals surface area (Å²) in [6, 6.07) is 10.1. The van der Waals surface area contributed by atoms with Gasteiger partial charge < -0.3 is 9.47 Å². The molecule has 1 fully saturated rings. The first-order valence-corrected chi connectivity index (χ1v) is 6.98. The van der Waals surface area contributed by atoms with Crippen LogP contribution in [-0.2, 0) is 20.9 Å². The van der Waals surface area contributed by atoms with Gasteiger partial charge in [-0.25, -0.2) is 0 Å². The van der Waals surface area contributed by atoms with Crippen LogP contribution in [0.5, 0.6) is 0 Å². The summed E-state index contributed by atoms with van der Waals surface area (Å²) in [5.41, 5.74) is 1.17. The molecule has 0 saturated carbocycles. The van der Waals surface area contributed by atoms with E-state index in [0.717, 1.165) is 6.42 Å². The van der Waals surface area contributed by atoms with Gasteiger partial charge in [0.2, 0.25) is 0 Å². The van der Waals surface area contributed by atoms with Gasteiger partial charge in [-0.2, -0.15) is 0 Å². The molecule has 0 bridgehead atoms. The fourth-order valence-corrected chi connectivity index (χ4v) is 2.55. The molecule has 3 nitrogen and oxygen atoms in total. The van der Waals surface area contributed by atoms with E-state index in [9.17, 15) is 4.79 Å². The van der Waals surface area contributed by atoms with Crippen LogP contribution in [0.2, 0.25) is 0 Å². The van der Waals surface area contributed by atoms with Gasteiger partial charge >= 0.3 is 5.97 Å². The second kappa shape index (κ2) is 6.71. The maximum atomic E-state index is 11.4. The minimum absolute atomic E-state index is 0.00276. The van der Waals surface area contributed by atoms with E-state index in [2.05, 4.69) is 13.8 Å². The van der Waals surface area contributed by atoms with Crippen molar-refractivity contribution in [3.63, 3.8) is 0 Å². The summed E-state index contributed by atoms with van der Waals surface area (Å²) in [5.74, 6) is 0.592. The smallest absolute Gasteiger partial charge is 0.306 e. The maximum absolute atomic E-state index is 11.4. The van der Waals surface area contributed by atoms with Crippen molar-refractivity contribution in [1.29, 1.82) is 0 Å². The Balaban J connectivity index is 1.77. The van der Waals surface area contributed by atoms with E-state index < -0.39 is 0 Å². The third-order valence-corrected chi connectivity index (χ3v) is 3.69. The SMILES string of the molecule is C[C@@H]1CCC(=O)O[C@H]1[C@@H](C)COCc1ccccc1. The van der Waals surface area contributed by atoms with E-state index in [4.69, 9.17) is 9.47 Å². The van der Waals surface area contributed by atoms with Crippen LogP contribution in [0.3, 0.4) is 0 Å². The fourth-order valence-electron chi connectivity index (χ4n) is 2.55. The number of rotatable bonds is 5. The van der Waals surface area contributed by atoms with Gasteiger partial charge in [-0.15, -0.1) is 0 Å². The van der Waals surface area contributed by atoms with E-state index in [-0.39, 0.29) is 18.0 Å². The Hall–Kier alpha value is -1.35. The number of hydrogen-bond donors (Lipinski definition) is 0. The van der Waals surface area contributed by atoms with E-state index >= 15 is 0 Å². The molecule has 0 radical (unpaired) electrons. The Kier molecular flexibility index (Phi) is 4.97. The third-order valence-electron chi connectivity index (χ3n) is 3.69. The van der Waals surface area contributed by atoms with Gasteiger partial charge in [-0.1, -0.05) is 44.2 Å². The van der Waals surface area contributed by atoms with Crippen molar-refractivity contribution >= 4 is 5.97 Å². The van der Waals surface area contributed by atoms with Gasteiger partial charge in [-0.3, -0.25) is 4.79 Å². The highest BCUT2D eigenvalue weighted by atomic mass is 16.5. The second-order valence-electron chi connectivity index (χ2n) is 5.45. The maximum Gasteiger partial charge on any atom is 0.306 e. The molecule has 0 amide bonds. The largest absolute Gasteiger partial charge is 0.462 e. The number of cyclic esters (lactones) is 1. The van der Waals surface area contributed by atoms with Crippen LogP contribution in [0, 0.1) is 11.8 Å². The van der Waals surface area contributed by atoms with E-state index in [0.29, 0.717) is 25.6 Å². The molecule has 0 unspecified atom stereocenters. The summed E-state index contributed by atoms with van der Waals surface area (Å²) in [6.45, 7) is 5.47. The number of carbonyl (C=O) groups excluding carboxylic acids is 1. The molecule has 0 N–H and O–H groups in total. The predicted molar refractivity (Wildman–Crippen MR) is 73.5 cm³/mol. The highest BCUT2D eigenvalue weighted by Crippen LogP contribution is 2.26. The molecule has 1 aliphatic rings. The van der Waals surface area contributed by atoms with Gasteiger partial charge in [-0.05, 0) is 17.9 Å². The zero-order valence-electron chi connectivity index (χ0n) is 11.7. The number of benzene rings is 1. The highest BCUT2D eigenvalue weighted by molar-refractivity contribution is 5.70. The predicted octanol–water partition coefficient (Wildman–Crippen LogP) is 3.18. The lowest BCUT2D eigenvalue weighted by Gasteiger charge is -2.32. The Bertz CT molecular complexity index is 402. The third kappa shape index (κ3) is 4.06. The standard InChI is InChI=1S/C16H22O3/c1-12-8-9-15(17)19-16(12)13(2)10-18-11-14-6-4-3-5-7-14/h3-7,12-13,16H,8-11H2,1-2H3/t12-,13+,16-/m1/s1. The molecule has 3 atom stereocenters. The molecule has 1 heterocycles. The molecule has 1 aromatic rings. The minimum Gasteiger partial charge on any atom is -0.462 e. The van der Waals surface area contributed by atoms with Crippen molar-refractivity contribution in [3.05, 3.63) is 35.9 Å². The van der Waals surface area contributed by atoms with Crippen LogP contribution in [-0.4, -0.2) is 18.7 Å². The molecule has 2 rings (SSSR count). The monoisotopic (exact) mass is 262 g/mol. The van der Waals surface area contributed by atoms with Crippen LogP contribution in [0.1, 0.15) is 32.3 Å². The number of carbonyl (C=O) groups is 1. The summed E-state index contributed by atoms with van der Waals surface area (Å²) < 4.78 is 11.2. The molecular formula is C16H22O3. The van der Waals surface area contributed by atoms with Crippen LogP contribution >= 0.6 is 0 Å². The Morgan fingerprint density at radius 2 is 2.11 bits per heavy atom. The normalized spacial score (nSPS) is 24.8. The average molecular weight is 262 g/mol. The van der Waals surface area contributed by atoms with Gasteiger partial charge in [0.05, 0.1) is 13.2 Å². The fraction of sp³-hybridized carbons (Fsp3) is 0.562. The summed E-state index contributed by atoms with van der Waals surface area (Å²) in [6.07, 6.45) is 1.47. The van der Waals surface area contributed by atoms with Gasteiger partial charge in [0, 0.05) is 12.3 Å². The highest BCUT2D eigenvalue weighted by Gasteiger charge is 2.31. The van der Waals surface area contributed by atoms with Crippen molar-refractivity contribution in [2.75, 3.05) is 6.61 Å². The number of hydrogen-bond acceptors (Lipinski definition) is 3. The summed E-state index contributed by atoms with van der Waals surface area (Å²) in [7, 11) is 0. The van der Waals surface area contributed by atoms with Gasteiger partial charge in [0.25, 0.3) is 0 Å². The molecular weight excluding hydrogens is 240 g/mol. The van der Waals surface area contributed by atoms with E-state index in [1.54, 1.807) is 0 Å². The first-order valence-electron chi connectivity index (χ1n) is 6.98. The lowest BCUT2D eigenvalue weighted by Crippen LogP contribution is -2.37. The van der Waals surface area contributed by atoms with Crippen molar-refractivity contribution in [1.82, 2.24) is 0 Å². The van der Waals surface area contributed by atoms with Crippen molar-refractivity contribution in [3.8, 4) is 0 Å². The molecule has 1 aromatic carbocycles. The Morgan fingerprint density at radius 1 is 1.37 bits per heavy atom. The number of esters is 1. The van der Waals surface area contributed by atoms with E-state index in [1.165, 1.54) is 5.56 Å². The first kappa shape index (κ1) is 14.1. The molecule has 19 heavy (non-hydrogen) atoms. The van der Waals surface area contributed by atoms with Gasteiger partial charge in [0.1, 0.15) is 6.10 Å². The average Bonchev–Trinajstić information content (AvgIpc) is 2.42. The zero-order chi connectivity index (χ0) is 13.7. The van der Waals surface area contributed by atoms with Crippen molar-refractivity contribution < 1.29 is 14.3 Å². The quantitative estimate of drug-likeness (QED) is 0.764. The van der Waals surface area contributed by atoms with Crippen LogP contribution in [0.25, 0.3) is 0 Å². The van der Waals surface area contributed by atoms with Gasteiger partial charge in [0.15, 0.2) is 0 Å².